The number of nitrogens with two attached hydrogens (primary N) is 1. The SMILES string of the molecule is CCOC(=O)CC1CCN(C(=O)c2ccccc2)CC1CCN1CCCC1C(N)=O. The van der Waals surface area contributed by atoms with Crippen LogP contribution in [0.5, 0.6) is 0 Å². The van der Waals surface area contributed by atoms with Crippen molar-refractivity contribution >= 4 is 17.8 Å². The van der Waals surface area contributed by atoms with Crippen molar-refractivity contribution < 1.29 is 19.1 Å². The van der Waals surface area contributed by atoms with Crippen LogP contribution in [0.25, 0.3) is 0 Å². The van der Waals surface area contributed by atoms with Crippen molar-refractivity contribution in [2.24, 2.45) is 17.6 Å². The Morgan fingerprint density at radius 2 is 1.87 bits per heavy atom. The number of ether oxygens (including phenoxy) is 1. The minimum atomic E-state index is -0.264. The Bertz CT molecular complexity index is 739. The second-order valence-electron chi connectivity index (χ2n) is 8.32. The molecule has 0 aromatic heterocycles. The quantitative estimate of drug-likeness (QED) is 0.656. The Balaban J connectivity index is 1.66. The van der Waals surface area contributed by atoms with E-state index < -0.39 is 0 Å². The fraction of sp³-hybridized carbons (Fsp3) is 0.609. The fourth-order valence-electron chi connectivity index (χ4n) is 4.81. The summed E-state index contributed by atoms with van der Waals surface area (Å²) in [7, 11) is 0. The molecule has 3 rings (SSSR count). The van der Waals surface area contributed by atoms with E-state index >= 15 is 0 Å². The number of esters is 1. The molecule has 7 heteroatoms. The summed E-state index contributed by atoms with van der Waals surface area (Å²) >= 11 is 0. The van der Waals surface area contributed by atoms with Crippen LogP contribution in [-0.4, -0.2) is 66.4 Å². The average Bonchev–Trinajstić information content (AvgIpc) is 3.22. The van der Waals surface area contributed by atoms with Crippen molar-refractivity contribution in [2.45, 2.75) is 45.1 Å². The number of piperidine rings is 1. The Hall–Kier alpha value is -2.41. The maximum atomic E-state index is 12.9. The zero-order chi connectivity index (χ0) is 21.5. The molecule has 2 aliphatic heterocycles. The van der Waals surface area contributed by atoms with E-state index in [-0.39, 0.29) is 35.7 Å². The van der Waals surface area contributed by atoms with E-state index in [0.29, 0.717) is 31.7 Å². The molecular formula is C23H33N3O4. The standard InChI is InChI=1S/C23H33N3O4/c1-2-30-21(27)15-18-10-14-26(23(29)17-7-4-3-5-8-17)16-19(18)11-13-25-12-6-9-20(25)22(24)28/h3-5,7-8,18-20H,2,6,9-16H2,1H3,(H2,24,28). The van der Waals surface area contributed by atoms with Gasteiger partial charge in [0.15, 0.2) is 0 Å². The highest BCUT2D eigenvalue weighted by molar-refractivity contribution is 5.94. The summed E-state index contributed by atoms with van der Waals surface area (Å²) in [5, 5.41) is 0. The van der Waals surface area contributed by atoms with Gasteiger partial charge in [0.25, 0.3) is 5.91 Å². The van der Waals surface area contributed by atoms with Crippen LogP contribution in [0, 0.1) is 11.8 Å². The molecule has 2 saturated heterocycles. The van der Waals surface area contributed by atoms with E-state index in [9.17, 15) is 14.4 Å². The maximum absolute atomic E-state index is 12.9. The molecule has 2 heterocycles. The second kappa shape index (κ2) is 10.6. The van der Waals surface area contributed by atoms with E-state index in [1.165, 1.54) is 0 Å². The fourth-order valence-corrected chi connectivity index (χ4v) is 4.81. The molecule has 1 aromatic rings. The van der Waals surface area contributed by atoms with Gasteiger partial charge in [-0.1, -0.05) is 18.2 Å². The van der Waals surface area contributed by atoms with Gasteiger partial charge in [-0.15, -0.1) is 0 Å². The van der Waals surface area contributed by atoms with E-state index in [2.05, 4.69) is 4.90 Å². The number of benzene rings is 1. The summed E-state index contributed by atoms with van der Waals surface area (Å²) in [5.74, 6) is -0.0403. The van der Waals surface area contributed by atoms with E-state index in [4.69, 9.17) is 10.5 Å². The minimum Gasteiger partial charge on any atom is -0.466 e. The van der Waals surface area contributed by atoms with Crippen molar-refractivity contribution in [1.82, 2.24) is 9.80 Å². The van der Waals surface area contributed by atoms with Crippen LogP contribution in [0.15, 0.2) is 30.3 Å². The van der Waals surface area contributed by atoms with Crippen molar-refractivity contribution in [3.05, 3.63) is 35.9 Å². The second-order valence-corrected chi connectivity index (χ2v) is 8.32. The zero-order valence-electron chi connectivity index (χ0n) is 17.8. The molecule has 0 bridgehead atoms. The third-order valence-corrected chi connectivity index (χ3v) is 6.41. The molecule has 164 valence electrons. The lowest BCUT2D eigenvalue weighted by atomic mass is 9.80. The van der Waals surface area contributed by atoms with Crippen molar-refractivity contribution in [3.63, 3.8) is 0 Å². The molecule has 2 amide bonds. The molecule has 7 nitrogen and oxygen atoms in total. The summed E-state index contributed by atoms with van der Waals surface area (Å²) in [6.07, 6.45) is 3.77. The van der Waals surface area contributed by atoms with Crippen LogP contribution in [0.3, 0.4) is 0 Å². The molecule has 3 unspecified atom stereocenters. The van der Waals surface area contributed by atoms with Crippen molar-refractivity contribution in [2.75, 3.05) is 32.8 Å². The van der Waals surface area contributed by atoms with Crippen molar-refractivity contribution in [1.29, 1.82) is 0 Å². The first-order valence-electron chi connectivity index (χ1n) is 11.0. The summed E-state index contributed by atoms with van der Waals surface area (Å²) < 4.78 is 5.17. The molecular weight excluding hydrogens is 382 g/mol. The van der Waals surface area contributed by atoms with Gasteiger partial charge in [0, 0.05) is 25.1 Å². The third-order valence-electron chi connectivity index (χ3n) is 6.41. The first kappa shape index (κ1) is 22.3. The Morgan fingerprint density at radius 1 is 1.10 bits per heavy atom. The summed E-state index contributed by atoms with van der Waals surface area (Å²) in [4.78, 5) is 40.8. The molecule has 0 radical (unpaired) electrons. The van der Waals surface area contributed by atoms with Crippen molar-refractivity contribution in [3.8, 4) is 0 Å². The lowest BCUT2D eigenvalue weighted by Gasteiger charge is -2.39. The number of hydrogen-bond donors (Lipinski definition) is 1. The highest BCUT2D eigenvalue weighted by Crippen LogP contribution is 2.31. The Labute approximate surface area is 178 Å². The van der Waals surface area contributed by atoms with Crippen LogP contribution >= 0.6 is 0 Å². The van der Waals surface area contributed by atoms with Crippen LogP contribution in [0.2, 0.25) is 0 Å². The summed E-state index contributed by atoms with van der Waals surface area (Å²) in [6, 6.07) is 9.12. The molecule has 2 N–H and O–H groups in total. The molecule has 0 aliphatic carbocycles. The van der Waals surface area contributed by atoms with Gasteiger partial charge in [-0.2, -0.15) is 0 Å². The maximum Gasteiger partial charge on any atom is 0.306 e. The lowest BCUT2D eigenvalue weighted by Crippen LogP contribution is -2.46. The number of nitrogens with zero attached hydrogens (tertiary/aromatic N) is 2. The third kappa shape index (κ3) is 5.59. The number of hydrogen-bond acceptors (Lipinski definition) is 5. The van der Waals surface area contributed by atoms with Gasteiger partial charge in [0.1, 0.15) is 0 Å². The molecule has 30 heavy (non-hydrogen) atoms. The van der Waals surface area contributed by atoms with Crippen LogP contribution in [0.4, 0.5) is 0 Å². The van der Waals surface area contributed by atoms with Crippen LogP contribution in [-0.2, 0) is 14.3 Å². The lowest BCUT2D eigenvalue weighted by molar-refractivity contribution is -0.145. The highest BCUT2D eigenvalue weighted by atomic mass is 16.5. The number of carbonyl (C=O) groups excluding carboxylic acids is 3. The number of rotatable bonds is 8. The Morgan fingerprint density at radius 3 is 2.57 bits per heavy atom. The van der Waals surface area contributed by atoms with Crippen LogP contribution < -0.4 is 5.73 Å². The van der Waals surface area contributed by atoms with E-state index in [1.807, 2.05) is 42.2 Å². The van der Waals surface area contributed by atoms with Gasteiger partial charge in [-0.25, -0.2) is 0 Å². The first-order chi connectivity index (χ1) is 14.5. The van der Waals surface area contributed by atoms with Gasteiger partial charge in [0.2, 0.25) is 5.91 Å². The molecule has 1 aromatic carbocycles. The molecule has 2 aliphatic rings. The van der Waals surface area contributed by atoms with Gasteiger partial charge in [0.05, 0.1) is 12.6 Å². The van der Waals surface area contributed by atoms with Gasteiger partial charge < -0.3 is 15.4 Å². The minimum absolute atomic E-state index is 0.0337. The van der Waals surface area contributed by atoms with Gasteiger partial charge in [-0.05, 0) is 69.7 Å². The topological polar surface area (TPSA) is 92.9 Å². The first-order valence-corrected chi connectivity index (χ1v) is 11.0. The molecule has 0 saturated carbocycles. The number of likely N-dealkylation sites (tertiary alicyclic amines) is 2. The smallest absolute Gasteiger partial charge is 0.306 e. The van der Waals surface area contributed by atoms with E-state index in [1.54, 1.807) is 0 Å². The molecule has 3 atom stereocenters. The molecule has 0 spiro atoms. The predicted molar refractivity (Wildman–Crippen MR) is 114 cm³/mol. The van der Waals surface area contributed by atoms with Gasteiger partial charge >= 0.3 is 5.97 Å². The van der Waals surface area contributed by atoms with Crippen LogP contribution in [0.1, 0.15) is 49.4 Å². The predicted octanol–water partition coefficient (Wildman–Crippen LogP) is 2.06. The van der Waals surface area contributed by atoms with E-state index in [0.717, 1.165) is 38.8 Å². The molecule has 2 fully saturated rings. The highest BCUT2D eigenvalue weighted by Gasteiger charge is 2.35. The summed E-state index contributed by atoms with van der Waals surface area (Å²) in [6.45, 7) is 5.08. The number of primary amides is 1. The largest absolute Gasteiger partial charge is 0.466 e. The Kier molecular flexibility index (Phi) is 7.85. The zero-order valence-corrected chi connectivity index (χ0v) is 17.8. The number of amides is 2. The summed E-state index contributed by atoms with van der Waals surface area (Å²) in [5.41, 5.74) is 6.24. The van der Waals surface area contributed by atoms with Gasteiger partial charge in [-0.3, -0.25) is 19.3 Å². The normalized spacial score (nSPS) is 24.6. The number of carbonyl (C=O) groups is 3. The average molecular weight is 416 g/mol. The monoisotopic (exact) mass is 415 g/mol.